The largest absolute Gasteiger partial charge is 0.485 e. The lowest BCUT2D eigenvalue weighted by atomic mass is 10.2. The first-order chi connectivity index (χ1) is 12.0. The molecule has 0 atom stereocenters. The molecular weight excluding hydrogens is 360 g/mol. The zero-order chi connectivity index (χ0) is 17.7. The third-order valence-electron chi connectivity index (χ3n) is 3.36. The molecule has 0 aliphatic heterocycles. The molecule has 0 radical (unpaired) electrons. The van der Waals surface area contributed by atoms with Crippen molar-refractivity contribution in [3.05, 3.63) is 83.5 Å². The highest BCUT2D eigenvalue weighted by Gasteiger charge is 2.17. The lowest BCUT2D eigenvalue weighted by Crippen LogP contribution is -2.14. The van der Waals surface area contributed by atoms with Gasteiger partial charge in [0.2, 0.25) is 0 Å². The number of rotatable bonds is 6. The van der Waals surface area contributed by atoms with Gasteiger partial charge in [0, 0.05) is 11.2 Å². The van der Waals surface area contributed by atoms with Crippen molar-refractivity contribution in [1.82, 2.24) is 4.98 Å². The van der Waals surface area contributed by atoms with Crippen LogP contribution >= 0.6 is 11.6 Å². The van der Waals surface area contributed by atoms with Crippen molar-refractivity contribution in [3.63, 3.8) is 0 Å². The summed E-state index contributed by atoms with van der Waals surface area (Å²) in [7, 11) is -3.79. The second-order valence-electron chi connectivity index (χ2n) is 5.18. The molecule has 0 aliphatic carbocycles. The molecule has 0 amide bonds. The topological polar surface area (TPSA) is 68.3 Å². The summed E-state index contributed by atoms with van der Waals surface area (Å²) >= 11 is 5.80. The molecule has 0 saturated carbocycles. The number of aromatic nitrogens is 1. The van der Waals surface area contributed by atoms with Crippen LogP contribution in [0.25, 0.3) is 0 Å². The third-order valence-corrected chi connectivity index (χ3v) is 4.97. The first kappa shape index (κ1) is 17.3. The van der Waals surface area contributed by atoms with E-state index in [4.69, 9.17) is 16.3 Å². The number of anilines is 1. The van der Waals surface area contributed by atoms with Gasteiger partial charge in [-0.25, -0.2) is 13.4 Å². The van der Waals surface area contributed by atoms with E-state index in [0.717, 1.165) is 5.56 Å². The van der Waals surface area contributed by atoms with Gasteiger partial charge in [-0.1, -0.05) is 41.9 Å². The van der Waals surface area contributed by atoms with Gasteiger partial charge in [-0.2, -0.15) is 0 Å². The molecule has 0 spiro atoms. The Morgan fingerprint density at radius 1 is 0.960 bits per heavy atom. The summed E-state index contributed by atoms with van der Waals surface area (Å²) in [5, 5.41) is 0.462. The Labute approximate surface area is 151 Å². The Hall–Kier alpha value is -2.57. The summed E-state index contributed by atoms with van der Waals surface area (Å²) in [6, 6.07) is 18.8. The van der Waals surface area contributed by atoms with Crippen LogP contribution in [-0.2, 0) is 16.6 Å². The number of ether oxygens (including phenoxy) is 1. The molecule has 0 bridgehead atoms. The Morgan fingerprint density at radius 3 is 2.40 bits per heavy atom. The zero-order valence-electron chi connectivity index (χ0n) is 13.1. The maximum absolute atomic E-state index is 12.5. The van der Waals surface area contributed by atoms with Crippen molar-refractivity contribution in [3.8, 4) is 5.75 Å². The fourth-order valence-electron chi connectivity index (χ4n) is 2.12. The van der Waals surface area contributed by atoms with Crippen molar-refractivity contribution in [2.75, 3.05) is 4.72 Å². The second kappa shape index (κ2) is 7.55. The van der Waals surface area contributed by atoms with Gasteiger partial charge in [0.15, 0.2) is 11.6 Å². The van der Waals surface area contributed by atoms with E-state index in [9.17, 15) is 8.42 Å². The van der Waals surface area contributed by atoms with Gasteiger partial charge in [0.05, 0.1) is 4.90 Å². The first-order valence-corrected chi connectivity index (χ1v) is 9.31. The Morgan fingerprint density at radius 2 is 1.68 bits per heavy atom. The van der Waals surface area contributed by atoms with Gasteiger partial charge in [0.25, 0.3) is 10.0 Å². The number of pyridine rings is 1. The summed E-state index contributed by atoms with van der Waals surface area (Å²) in [5.41, 5.74) is 0.970. The molecule has 1 aromatic heterocycles. The summed E-state index contributed by atoms with van der Waals surface area (Å²) in [5.74, 6) is 0.484. The molecular formula is C18H15ClN2O3S. The van der Waals surface area contributed by atoms with Gasteiger partial charge >= 0.3 is 0 Å². The Balaban J connectivity index is 1.79. The molecule has 0 aliphatic rings. The minimum absolute atomic E-state index is 0.0940. The number of hydrogen-bond donors (Lipinski definition) is 1. The van der Waals surface area contributed by atoms with Crippen LogP contribution in [0.5, 0.6) is 5.75 Å². The molecule has 3 rings (SSSR count). The van der Waals surface area contributed by atoms with Gasteiger partial charge in [-0.3, -0.25) is 4.72 Å². The van der Waals surface area contributed by atoms with Crippen LogP contribution < -0.4 is 9.46 Å². The molecule has 7 heteroatoms. The molecule has 0 saturated heterocycles. The van der Waals surface area contributed by atoms with Crippen LogP contribution in [0.4, 0.5) is 5.82 Å². The summed E-state index contributed by atoms with van der Waals surface area (Å²) in [4.78, 5) is 4.17. The van der Waals surface area contributed by atoms with Gasteiger partial charge in [-0.15, -0.1) is 0 Å². The van der Waals surface area contributed by atoms with Crippen LogP contribution in [0.15, 0.2) is 77.8 Å². The quantitative estimate of drug-likeness (QED) is 0.704. The van der Waals surface area contributed by atoms with E-state index in [-0.39, 0.29) is 10.7 Å². The van der Waals surface area contributed by atoms with E-state index < -0.39 is 10.0 Å². The average molecular weight is 375 g/mol. The van der Waals surface area contributed by atoms with Crippen LogP contribution in [0.1, 0.15) is 5.56 Å². The number of halogens is 1. The minimum Gasteiger partial charge on any atom is -0.485 e. The normalized spacial score (nSPS) is 11.1. The predicted molar refractivity (Wildman–Crippen MR) is 97.3 cm³/mol. The molecule has 0 fully saturated rings. The van der Waals surface area contributed by atoms with E-state index in [1.807, 2.05) is 30.3 Å². The highest BCUT2D eigenvalue weighted by atomic mass is 35.5. The molecule has 25 heavy (non-hydrogen) atoms. The lowest BCUT2D eigenvalue weighted by Gasteiger charge is -2.12. The third kappa shape index (κ3) is 4.49. The van der Waals surface area contributed by atoms with Crippen molar-refractivity contribution < 1.29 is 13.2 Å². The van der Waals surface area contributed by atoms with Crippen molar-refractivity contribution in [2.45, 2.75) is 11.5 Å². The van der Waals surface area contributed by atoms with E-state index in [0.29, 0.717) is 17.4 Å². The smallest absolute Gasteiger partial charge is 0.263 e. The molecule has 0 unspecified atom stereocenters. The van der Waals surface area contributed by atoms with E-state index in [1.54, 1.807) is 12.1 Å². The predicted octanol–water partition coefficient (Wildman–Crippen LogP) is 4.11. The van der Waals surface area contributed by atoms with E-state index in [2.05, 4.69) is 9.71 Å². The maximum Gasteiger partial charge on any atom is 0.263 e. The van der Waals surface area contributed by atoms with Crippen LogP contribution in [0.3, 0.4) is 0 Å². The SMILES string of the molecule is O=S(=O)(Nc1ncccc1OCc1ccccc1)c1ccc(Cl)cc1. The van der Waals surface area contributed by atoms with Crippen molar-refractivity contribution in [2.24, 2.45) is 0 Å². The van der Waals surface area contributed by atoms with Crippen LogP contribution in [0.2, 0.25) is 5.02 Å². The highest BCUT2D eigenvalue weighted by molar-refractivity contribution is 7.92. The Kier molecular flexibility index (Phi) is 5.21. The van der Waals surface area contributed by atoms with Gasteiger partial charge in [-0.05, 0) is 42.0 Å². The lowest BCUT2D eigenvalue weighted by molar-refractivity contribution is 0.307. The Bertz CT molecular complexity index is 946. The summed E-state index contributed by atoms with van der Waals surface area (Å²) in [6.07, 6.45) is 1.50. The summed E-state index contributed by atoms with van der Waals surface area (Å²) < 4.78 is 33.1. The summed E-state index contributed by atoms with van der Waals surface area (Å²) in [6.45, 7) is 0.308. The molecule has 3 aromatic rings. The molecule has 1 heterocycles. The fraction of sp³-hybridized carbons (Fsp3) is 0.0556. The number of hydrogen-bond acceptors (Lipinski definition) is 4. The molecule has 5 nitrogen and oxygen atoms in total. The monoisotopic (exact) mass is 374 g/mol. The minimum atomic E-state index is -3.79. The number of benzene rings is 2. The molecule has 2 aromatic carbocycles. The van der Waals surface area contributed by atoms with Gasteiger partial charge < -0.3 is 4.74 Å². The van der Waals surface area contributed by atoms with Gasteiger partial charge in [0.1, 0.15) is 6.61 Å². The molecule has 128 valence electrons. The first-order valence-electron chi connectivity index (χ1n) is 7.45. The zero-order valence-corrected chi connectivity index (χ0v) is 14.7. The van der Waals surface area contributed by atoms with Crippen molar-refractivity contribution >= 4 is 27.4 Å². The standard InChI is InChI=1S/C18H15ClN2O3S/c19-15-8-10-16(11-9-15)25(22,23)21-18-17(7-4-12-20-18)24-13-14-5-2-1-3-6-14/h1-12H,13H2,(H,20,21). The van der Waals surface area contributed by atoms with Crippen LogP contribution in [-0.4, -0.2) is 13.4 Å². The number of nitrogens with one attached hydrogen (secondary N) is 1. The van der Waals surface area contributed by atoms with E-state index in [1.165, 1.54) is 30.5 Å². The number of nitrogens with zero attached hydrogens (tertiary/aromatic N) is 1. The number of sulfonamides is 1. The maximum atomic E-state index is 12.5. The van der Waals surface area contributed by atoms with Crippen molar-refractivity contribution in [1.29, 1.82) is 0 Å². The van der Waals surface area contributed by atoms with Crippen LogP contribution in [0, 0.1) is 0 Å². The molecule has 1 N–H and O–H groups in total. The fourth-order valence-corrected chi connectivity index (χ4v) is 3.27. The second-order valence-corrected chi connectivity index (χ2v) is 7.30. The highest BCUT2D eigenvalue weighted by Crippen LogP contribution is 2.25. The van der Waals surface area contributed by atoms with E-state index >= 15 is 0 Å². The average Bonchev–Trinajstić information content (AvgIpc) is 2.62.